The van der Waals surface area contributed by atoms with Crippen molar-refractivity contribution in [1.82, 2.24) is 15.2 Å². The lowest BCUT2D eigenvalue weighted by Crippen LogP contribution is -2.32. The predicted octanol–water partition coefficient (Wildman–Crippen LogP) is 3.55. The molecule has 1 atom stereocenters. The Kier molecular flexibility index (Phi) is 5.64. The standard InChI is InChI=1S/C14H18ClFN4S/c1-9(2)20-14(12(15)7-18-20)13(19-17)8-21-11-5-3-4-10(16)6-11/h3-7,9,13,19H,8,17H2,1-2H3. The number of rotatable bonds is 6. The molecule has 0 saturated heterocycles. The van der Waals surface area contributed by atoms with E-state index in [0.717, 1.165) is 10.6 Å². The van der Waals surface area contributed by atoms with Crippen LogP contribution < -0.4 is 11.3 Å². The van der Waals surface area contributed by atoms with E-state index in [2.05, 4.69) is 10.5 Å². The molecular weight excluding hydrogens is 311 g/mol. The van der Waals surface area contributed by atoms with Gasteiger partial charge in [-0.3, -0.25) is 16.0 Å². The Bertz CT molecular complexity index is 602. The van der Waals surface area contributed by atoms with Crippen molar-refractivity contribution in [2.45, 2.75) is 30.8 Å². The monoisotopic (exact) mass is 328 g/mol. The van der Waals surface area contributed by atoms with Crippen LogP contribution in [-0.2, 0) is 0 Å². The first-order chi connectivity index (χ1) is 10.0. The van der Waals surface area contributed by atoms with Crippen LogP contribution in [0.2, 0.25) is 5.02 Å². The highest BCUT2D eigenvalue weighted by Gasteiger charge is 2.21. The van der Waals surface area contributed by atoms with Crippen LogP contribution in [0.1, 0.15) is 31.6 Å². The van der Waals surface area contributed by atoms with Crippen LogP contribution in [0.25, 0.3) is 0 Å². The van der Waals surface area contributed by atoms with Crippen LogP contribution in [0.4, 0.5) is 4.39 Å². The molecule has 7 heteroatoms. The Morgan fingerprint density at radius 2 is 2.24 bits per heavy atom. The van der Waals surface area contributed by atoms with E-state index in [0.29, 0.717) is 10.8 Å². The second-order valence-electron chi connectivity index (χ2n) is 4.90. The first-order valence-electron chi connectivity index (χ1n) is 6.60. The number of aromatic nitrogens is 2. The quantitative estimate of drug-likeness (QED) is 0.483. The molecule has 3 N–H and O–H groups in total. The van der Waals surface area contributed by atoms with Crippen molar-refractivity contribution in [3.05, 3.63) is 47.0 Å². The Morgan fingerprint density at radius 3 is 2.86 bits per heavy atom. The third kappa shape index (κ3) is 3.97. The lowest BCUT2D eigenvalue weighted by Gasteiger charge is -2.20. The molecular formula is C14H18ClFN4S. The second kappa shape index (κ2) is 7.26. The van der Waals surface area contributed by atoms with Gasteiger partial charge in [0.25, 0.3) is 0 Å². The largest absolute Gasteiger partial charge is 0.271 e. The molecule has 1 aromatic carbocycles. The highest BCUT2D eigenvalue weighted by atomic mass is 35.5. The van der Waals surface area contributed by atoms with Gasteiger partial charge in [0.2, 0.25) is 0 Å². The van der Waals surface area contributed by atoms with Gasteiger partial charge in [-0.05, 0) is 32.0 Å². The molecule has 2 aromatic rings. The van der Waals surface area contributed by atoms with Crippen molar-refractivity contribution in [3.63, 3.8) is 0 Å². The van der Waals surface area contributed by atoms with Crippen molar-refractivity contribution < 1.29 is 4.39 Å². The maximum atomic E-state index is 13.2. The molecule has 0 spiro atoms. The van der Waals surface area contributed by atoms with Crippen LogP contribution in [0.3, 0.4) is 0 Å². The van der Waals surface area contributed by atoms with Crippen molar-refractivity contribution in [1.29, 1.82) is 0 Å². The maximum absolute atomic E-state index is 13.2. The van der Waals surface area contributed by atoms with Crippen LogP contribution in [0.5, 0.6) is 0 Å². The summed E-state index contributed by atoms with van der Waals surface area (Å²) in [5.74, 6) is 6.03. The van der Waals surface area contributed by atoms with E-state index in [-0.39, 0.29) is 17.9 Å². The van der Waals surface area contributed by atoms with Crippen LogP contribution in [0, 0.1) is 5.82 Å². The number of hydrogen-bond donors (Lipinski definition) is 2. The maximum Gasteiger partial charge on any atom is 0.124 e. The minimum atomic E-state index is -0.248. The Morgan fingerprint density at radius 1 is 1.48 bits per heavy atom. The third-order valence-electron chi connectivity index (χ3n) is 3.02. The van der Waals surface area contributed by atoms with Gasteiger partial charge in [-0.2, -0.15) is 5.10 Å². The van der Waals surface area contributed by atoms with Gasteiger partial charge in [0.05, 0.1) is 23.0 Å². The summed E-state index contributed by atoms with van der Waals surface area (Å²) < 4.78 is 15.0. The lowest BCUT2D eigenvalue weighted by atomic mass is 10.2. The van der Waals surface area contributed by atoms with Gasteiger partial charge in [0.15, 0.2) is 0 Å². The average Bonchev–Trinajstić information content (AvgIpc) is 2.82. The fraction of sp³-hybridized carbons (Fsp3) is 0.357. The molecule has 0 aliphatic heterocycles. The summed E-state index contributed by atoms with van der Waals surface area (Å²) in [6.07, 6.45) is 1.62. The molecule has 4 nitrogen and oxygen atoms in total. The number of nitrogens with one attached hydrogen (secondary N) is 1. The van der Waals surface area contributed by atoms with Gasteiger partial charge in [-0.25, -0.2) is 4.39 Å². The summed E-state index contributed by atoms with van der Waals surface area (Å²) in [5.41, 5.74) is 3.61. The topological polar surface area (TPSA) is 55.9 Å². The average molecular weight is 329 g/mol. The van der Waals surface area contributed by atoms with Gasteiger partial charge in [-0.1, -0.05) is 17.7 Å². The minimum Gasteiger partial charge on any atom is -0.271 e. The van der Waals surface area contributed by atoms with Crippen LogP contribution in [0.15, 0.2) is 35.4 Å². The number of thioether (sulfide) groups is 1. The minimum absolute atomic E-state index is 0.171. The molecule has 0 aliphatic rings. The predicted molar refractivity (Wildman–Crippen MR) is 84.8 cm³/mol. The van der Waals surface area contributed by atoms with E-state index in [4.69, 9.17) is 17.4 Å². The Labute approximate surface area is 132 Å². The number of hydrogen-bond acceptors (Lipinski definition) is 4. The van der Waals surface area contributed by atoms with Gasteiger partial charge >= 0.3 is 0 Å². The number of benzene rings is 1. The molecule has 1 heterocycles. The van der Waals surface area contributed by atoms with E-state index < -0.39 is 0 Å². The Hall–Kier alpha value is -1.08. The molecule has 21 heavy (non-hydrogen) atoms. The number of nitrogens with two attached hydrogens (primary N) is 1. The zero-order valence-electron chi connectivity index (χ0n) is 11.9. The fourth-order valence-corrected chi connectivity index (χ4v) is 3.28. The molecule has 1 aromatic heterocycles. The molecule has 0 fully saturated rings. The molecule has 0 aliphatic carbocycles. The van der Waals surface area contributed by atoms with Crippen molar-refractivity contribution in [2.75, 3.05) is 5.75 Å². The zero-order valence-corrected chi connectivity index (χ0v) is 13.5. The van der Waals surface area contributed by atoms with Gasteiger partial charge in [-0.15, -0.1) is 11.8 Å². The van der Waals surface area contributed by atoms with Crippen LogP contribution >= 0.6 is 23.4 Å². The molecule has 0 radical (unpaired) electrons. The molecule has 0 bridgehead atoms. The van der Waals surface area contributed by atoms with E-state index in [1.54, 1.807) is 12.3 Å². The van der Waals surface area contributed by atoms with E-state index in [1.165, 1.54) is 23.9 Å². The zero-order chi connectivity index (χ0) is 15.4. The molecule has 1 unspecified atom stereocenters. The smallest absolute Gasteiger partial charge is 0.124 e. The lowest BCUT2D eigenvalue weighted by molar-refractivity contribution is 0.468. The highest BCUT2D eigenvalue weighted by molar-refractivity contribution is 7.99. The fourth-order valence-electron chi connectivity index (χ4n) is 2.03. The summed E-state index contributed by atoms with van der Waals surface area (Å²) in [4.78, 5) is 0.849. The van der Waals surface area contributed by atoms with Crippen molar-refractivity contribution in [3.8, 4) is 0 Å². The number of halogens is 2. The van der Waals surface area contributed by atoms with Gasteiger partial charge in [0.1, 0.15) is 5.82 Å². The van der Waals surface area contributed by atoms with Gasteiger partial charge in [0, 0.05) is 16.7 Å². The summed E-state index contributed by atoms with van der Waals surface area (Å²) in [5, 5.41) is 4.85. The highest BCUT2D eigenvalue weighted by Crippen LogP contribution is 2.30. The first-order valence-corrected chi connectivity index (χ1v) is 7.96. The summed E-state index contributed by atoms with van der Waals surface area (Å²) in [6, 6.07) is 6.49. The van der Waals surface area contributed by atoms with Gasteiger partial charge < -0.3 is 0 Å². The van der Waals surface area contributed by atoms with Crippen molar-refractivity contribution >= 4 is 23.4 Å². The van der Waals surface area contributed by atoms with E-state index >= 15 is 0 Å². The summed E-state index contributed by atoms with van der Waals surface area (Å²) in [7, 11) is 0. The Balaban J connectivity index is 2.15. The summed E-state index contributed by atoms with van der Waals surface area (Å²) in [6.45, 7) is 4.06. The van der Waals surface area contributed by atoms with E-state index in [1.807, 2.05) is 24.6 Å². The number of nitrogens with zero attached hydrogens (tertiary/aromatic N) is 2. The summed E-state index contributed by atoms with van der Waals surface area (Å²) >= 11 is 7.73. The molecule has 0 amide bonds. The molecule has 2 rings (SSSR count). The molecule has 114 valence electrons. The van der Waals surface area contributed by atoms with E-state index in [9.17, 15) is 4.39 Å². The SMILES string of the molecule is CC(C)n1ncc(Cl)c1C(CSc1cccc(F)c1)NN. The van der Waals surface area contributed by atoms with Crippen molar-refractivity contribution in [2.24, 2.45) is 5.84 Å². The second-order valence-corrected chi connectivity index (χ2v) is 6.40. The molecule has 0 saturated carbocycles. The normalized spacial score (nSPS) is 12.9. The first kappa shape index (κ1) is 16.3. The third-order valence-corrected chi connectivity index (χ3v) is 4.40. The number of hydrazine groups is 1. The van der Waals surface area contributed by atoms with Crippen LogP contribution in [-0.4, -0.2) is 15.5 Å².